The number of hydrogen-bond donors (Lipinski definition) is 1. The highest BCUT2D eigenvalue weighted by atomic mass is 16.5. The summed E-state index contributed by atoms with van der Waals surface area (Å²) in [6.07, 6.45) is 6.20. The number of aryl methyl sites for hydroxylation is 1. The van der Waals surface area contributed by atoms with Crippen LogP contribution in [0.2, 0.25) is 0 Å². The highest BCUT2D eigenvalue weighted by molar-refractivity contribution is 5.54. The van der Waals surface area contributed by atoms with E-state index < -0.39 is 0 Å². The number of hydrogen-bond acceptors (Lipinski definition) is 6. The van der Waals surface area contributed by atoms with E-state index in [1.54, 1.807) is 10.9 Å². The molecule has 4 aromatic rings. The summed E-state index contributed by atoms with van der Waals surface area (Å²) in [5.74, 6) is 1.91. The number of rotatable bonds is 6. The van der Waals surface area contributed by atoms with Crippen LogP contribution in [-0.4, -0.2) is 24.9 Å². The summed E-state index contributed by atoms with van der Waals surface area (Å²) in [5.41, 5.74) is 3.04. The molecule has 0 radical (unpaired) electrons. The third kappa shape index (κ3) is 4.03. The van der Waals surface area contributed by atoms with Gasteiger partial charge >= 0.3 is 0 Å². The van der Waals surface area contributed by atoms with Crippen LogP contribution < -0.4 is 5.32 Å². The molecule has 3 aromatic heterocycles. The number of aromatic nitrogens is 5. The molecule has 1 aromatic carbocycles. The summed E-state index contributed by atoms with van der Waals surface area (Å²) in [6, 6.07) is 14.0. The van der Waals surface area contributed by atoms with E-state index in [4.69, 9.17) is 4.52 Å². The van der Waals surface area contributed by atoms with Crippen molar-refractivity contribution in [3.8, 4) is 11.5 Å². The van der Waals surface area contributed by atoms with Crippen LogP contribution in [0.3, 0.4) is 0 Å². The van der Waals surface area contributed by atoms with Crippen LogP contribution in [0.4, 0.5) is 5.82 Å². The number of pyridine rings is 1. The largest absolute Gasteiger partial charge is 0.363 e. The molecule has 4 rings (SSSR count). The molecule has 0 spiro atoms. The SMILES string of the molecule is C[C@@H](Nc1ccc(-c2nc(Cc3ccccc3)no2)cn1)c1cnn(C)c1. The zero-order chi connectivity index (χ0) is 18.6. The normalized spacial score (nSPS) is 12.1. The summed E-state index contributed by atoms with van der Waals surface area (Å²) in [5, 5.41) is 11.6. The summed E-state index contributed by atoms with van der Waals surface area (Å²) in [6.45, 7) is 2.07. The maximum absolute atomic E-state index is 5.38. The predicted octanol–water partition coefficient (Wildman–Crippen LogP) is 3.63. The fraction of sp³-hybridized carbons (Fsp3) is 0.200. The van der Waals surface area contributed by atoms with Gasteiger partial charge in [-0.1, -0.05) is 35.5 Å². The van der Waals surface area contributed by atoms with Gasteiger partial charge in [0, 0.05) is 31.4 Å². The third-order valence-corrected chi connectivity index (χ3v) is 4.27. The highest BCUT2D eigenvalue weighted by Crippen LogP contribution is 2.21. The maximum atomic E-state index is 5.38. The topological polar surface area (TPSA) is 81.7 Å². The summed E-state index contributed by atoms with van der Waals surface area (Å²) in [7, 11) is 1.90. The smallest absolute Gasteiger partial charge is 0.259 e. The second-order valence-electron chi connectivity index (χ2n) is 6.42. The van der Waals surface area contributed by atoms with Gasteiger partial charge in [-0.3, -0.25) is 4.68 Å². The molecule has 0 aliphatic rings. The fourth-order valence-corrected chi connectivity index (χ4v) is 2.80. The lowest BCUT2D eigenvalue weighted by atomic mass is 10.1. The lowest BCUT2D eigenvalue weighted by molar-refractivity contribution is 0.424. The van der Waals surface area contributed by atoms with Crippen molar-refractivity contribution in [2.24, 2.45) is 7.05 Å². The number of nitrogens with zero attached hydrogens (tertiary/aromatic N) is 5. The molecule has 3 heterocycles. The van der Waals surface area contributed by atoms with Crippen LogP contribution in [0.1, 0.15) is 29.9 Å². The van der Waals surface area contributed by atoms with E-state index in [1.807, 2.05) is 61.9 Å². The standard InChI is InChI=1S/C20H20N6O/c1-14(17-12-22-26(2)13-17)23-18-9-8-16(11-21-18)20-24-19(25-27-20)10-15-6-4-3-5-7-15/h3-9,11-14H,10H2,1-2H3,(H,21,23)/t14-/m1/s1. The molecule has 0 bridgehead atoms. The first kappa shape index (κ1) is 17.0. The Bertz CT molecular complexity index is 1010. The van der Waals surface area contributed by atoms with E-state index in [1.165, 1.54) is 0 Å². The zero-order valence-corrected chi connectivity index (χ0v) is 15.2. The molecular formula is C20H20N6O. The van der Waals surface area contributed by atoms with E-state index in [-0.39, 0.29) is 6.04 Å². The molecule has 0 saturated heterocycles. The van der Waals surface area contributed by atoms with Crippen molar-refractivity contribution in [2.45, 2.75) is 19.4 Å². The van der Waals surface area contributed by atoms with Gasteiger partial charge in [-0.2, -0.15) is 10.1 Å². The minimum Gasteiger partial charge on any atom is -0.363 e. The van der Waals surface area contributed by atoms with Gasteiger partial charge < -0.3 is 9.84 Å². The van der Waals surface area contributed by atoms with Gasteiger partial charge in [0.2, 0.25) is 0 Å². The molecule has 0 saturated carbocycles. The Morgan fingerprint density at radius 3 is 2.67 bits per heavy atom. The van der Waals surface area contributed by atoms with E-state index in [0.29, 0.717) is 18.1 Å². The van der Waals surface area contributed by atoms with Gasteiger partial charge in [0.05, 0.1) is 17.8 Å². The van der Waals surface area contributed by atoms with Gasteiger partial charge in [-0.05, 0) is 24.6 Å². The van der Waals surface area contributed by atoms with E-state index in [9.17, 15) is 0 Å². The van der Waals surface area contributed by atoms with Crippen molar-refractivity contribution in [1.29, 1.82) is 0 Å². The lowest BCUT2D eigenvalue weighted by Crippen LogP contribution is -2.07. The van der Waals surface area contributed by atoms with Crippen molar-refractivity contribution in [3.05, 3.63) is 78.0 Å². The highest BCUT2D eigenvalue weighted by Gasteiger charge is 2.11. The molecule has 1 atom stereocenters. The first-order chi connectivity index (χ1) is 13.2. The molecule has 27 heavy (non-hydrogen) atoms. The number of anilines is 1. The van der Waals surface area contributed by atoms with Gasteiger partial charge in [-0.25, -0.2) is 4.98 Å². The predicted molar refractivity (Wildman–Crippen MR) is 102 cm³/mol. The quantitative estimate of drug-likeness (QED) is 0.565. The average molecular weight is 360 g/mol. The Morgan fingerprint density at radius 2 is 1.96 bits per heavy atom. The van der Waals surface area contributed by atoms with E-state index >= 15 is 0 Å². The van der Waals surface area contributed by atoms with Crippen molar-refractivity contribution < 1.29 is 4.52 Å². The van der Waals surface area contributed by atoms with Crippen LogP contribution >= 0.6 is 0 Å². The minimum atomic E-state index is 0.109. The van der Waals surface area contributed by atoms with Crippen LogP contribution in [0.15, 0.2) is 65.6 Å². The van der Waals surface area contributed by atoms with Crippen LogP contribution in [0.25, 0.3) is 11.5 Å². The second kappa shape index (κ2) is 7.41. The average Bonchev–Trinajstić information content (AvgIpc) is 3.32. The molecule has 0 aliphatic carbocycles. The van der Waals surface area contributed by atoms with Crippen molar-refractivity contribution in [1.82, 2.24) is 24.9 Å². The molecule has 1 N–H and O–H groups in total. The zero-order valence-electron chi connectivity index (χ0n) is 15.2. The molecular weight excluding hydrogens is 340 g/mol. The number of nitrogens with one attached hydrogen (secondary N) is 1. The molecule has 0 aliphatic heterocycles. The van der Waals surface area contributed by atoms with E-state index in [2.05, 4.69) is 32.5 Å². The first-order valence-electron chi connectivity index (χ1n) is 8.75. The van der Waals surface area contributed by atoms with Crippen molar-refractivity contribution in [3.63, 3.8) is 0 Å². The van der Waals surface area contributed by atoms with Gasteiger partial charge in [0.1, 0.15) is 5.82 Å². The minimum absolute atomic E-state index is 0.109. The van der Waals surface area contributed by atoms with Gasteiger partial charge in [0.25, 0.3) is 5.89 Å². The monoisotopic (exact) mass is 360 g/mol. The molecule has 0 unspecified atom stereocenters. The Labute approximate surface area is 157 Å². The number of benzene rings is 1. The summed E-state index contributed by atoms with van der Waals surface area (Å²) < 4.78 is 7.17. The van der Waals surface area contributed by atoms with Crippen LogP contribution in [0.5, 0.6) is 0 Å². The molecule has 0 fully saturated rings. The van der Waals surface area contributed by atoms with E-state index in [0.717, 1.165) is 22.5 Å². The van der Waals surface area contributed by atoms with Gasteiger partial charge in [0.15, 0.2) is 5.82 Å². The Balaban J connectivity index is 1.43. The Kier molecular flexibility index (Phi) is 4.65. The second-order valence-corrected chi connectivity index (χ2v) is 6.42. The molecule has 7 heteroatoms. The van der Waals surface area contributed by atoms with Crippen LogP contribution in [0, 0.1) is 0 Å². The maximum Gasteiger partial charge on any atom is 0.259 e. The molecule has 7 nitrogen and oxygen atoms in total. The lowest BCUT2D eigenvalue weighted by Gasteiger charge is -2.12. The molecule has 0 amide bonds. The first-order valence-corrected chi connectivity index (χ1v) is 8.75. The molecule has 136 valence electrons. The Hall–Kier alpha value is -3.48. The fourth-order valence-electron chi connectivity index (χ4n) is 2.80. The summed E-state index contributed by atoms with van der Waals surface area (Å²) in [4.78, 5) is 8.92. The summed E-state index contributed by atoms with van der Waals surface area (Å²) >= 11 is 0. The Morgan fingerprint density at radius 1 is 1.11 bits per heavy atom. The van der Waals surface area contributed by atoms with Crippen LogP contribution in [-0.2, 0) is 13.5 Å². The van der Waals surface area contributed by atoms with Crippen molar-refractivity contribution >= 4 is 5.82 Å². The van der Waals surface area contributed by atoms with Gasteiger partial charge in [-0.15, -0.1) is 0 Å². The third-order valence-electron chi connectivity index (χ3n) is 4.27. The van der Waals surface area contributed by atoms with Crippen molar-refractivity contribution in [2.75, 3.05) is 5.32 Å².